The van der Waals surface area contributed by atoms with Crippen LogP contribution in [-0.2, 0) is 0 Å². The van der Waals surface area contributed by atoms with E-state index in [-0.39, 0.29) is 0 Å². The Labute approximate surface area is 166 Å². The molecule has 1 saturated heterocycles. The number of hydrogen-bond acceptors (Lipinski definition) is 5. The summed E-state index contributed by atoms with van der Waals surface area (Å²) in [5.41, 5.74) is 6.77. The Morgan fingerprint density at radius 2 is 2.00 bits per heavy atom. The van der Waals surface area contributed by atoms with Gasteiger partial charge in [0.2, 0.25) is 0 Å². The Balaban J connectivity index is 1.48. The molecule has 1 fully saturated rings. The van der Waals surface area contributed by atoms with Crippen LogP contribution in [0.5, 0.6) is 0 Å². The van der Waals surface area contributed by atoms with Gasteiger partial charge in [-0.3, -0.25) is 5.10 Å². The maximum absolute atomic E-state index is 5.25. The van der Waals surface area contributed by atoms with Crippen LogP contribution in [0.15, 0.2) is 53.5 Å². The molecule has 4 aromatic heterocycles. The molecular formula is C22H20N6O. The predicted octanol–water partition coefficient (Wildman–Crippen LogP) is 4.23. The van der Waals surface area contributed by atoms with E-state index in [9.17, 15) is 0 Å². The molecule has 6 rings (SSSR count). The van der Waals surface area contributed by atoms with Gasteiger partial charge in [0, 0.05) is 22.7 Å². The van der Waals surface area contributed by atoms with E-state index < -0.39 is 0 Å². The Bertz CT molecular complexity index is 1290. The van der Waals surface area contributed by atoms with Gasteiger partial charge in [0.25, 0.3) is 0 Å². The second-order valence-corrected chi connectivity index (χ2v) is 7.56. The topological polar surface area (TPSA) is 95.4 Å². The van der Waals surface area contributed by atoms with Gasteiger partial charge in [-0.2, -0.15) is 5.10 Å². The highest BCUT2D eigenvalue weighted by molar-refractivity contribution is 5.96. The van der Waals surface area contributed by atoms with Crippen molar-refractivity contribution in [2.45, 2.75) is 18.8 Å². The number of H-pyrrole nitrogens is 2. The van der Waals surface area contributed by atoms with Crippen molar-refractivity contribution in [1.29, 1.82) is 0 Å². The van der Waals surface area contributed by atoms with E-state index in [1.807, 2.05) is 12.1 Å². The Morgan fingerprint density at radius 1 is 1.07 bits per heavy atom. The van der Waals surface area contributed by atoms with Gasteiger partial charge in [0.15, 0.2) is 11.5 Å². The molecule has 0 saturated carbocycles. The van der Waals surface area contributed by atoms with Gasteiger partial charge in [-0.25, -0.2) is 9.97 Å². The van der Waals surface area contributed by atoms with Gasteiger partial charge in [-0.05, 0) is 61.7 Å². The first-order valence-corrected chi connectivity index (χ1v) is 9.93. The summed E-state index contributed by atoms with van der Waals surface area (Å²) in [5.74, 6) is 1.31. The highest BCUT2D eigenvalue weighted by Gasteiger charge is 2.19. The summed E-state index contributed by atoms with van der Waals surface area (Å²) in [6, 6.07) is 10.5. The normalized spacial score (nSPS) is 15.4. The quantitative estimate of drug-likeness (QED) is 0.433. The maximum Gasteiger partial charge on any atom is 0.178 e. The van der Waals surface area contributed by atoms with Crippen molar-refractivity contribution >= 4 is 22.1 Å². The molecule has 0 radical (unpaired) electrons. The van der Waals surface area contributed by atoms with E-state index in [0.29, 0.717) is 11.6 Å². The van der Waals surface area contributed by atoms with Gasteiger partial charge >= 0.3 is 0 Å². The number of furan rings is 1. The summed E-state index contributed by atoms with van der Waals surface area (Å²) < 4.78 is 5.25. The molecule has 0 aliphatic carbocycles. The monoisotopic (exact) mass is 384 g/mol. The van der Waals surface area contributed by atoms with E-state index in [1.54, 1.807) is 18.7 Å². The van der Waals surface area contributed by atoms with Crippen LogP contribution in [0.4, 0.5) is 0 Å². The van der Waals surface area contributed by atoms with E-state index in [0.717, 1.165) is 52.2 Å². The first-order valence-electron chi connectivity index (χ1n) is 9.93. The fraction of sp³-hybridized carbons (Fsp3) is 0.227. The van der Waals surface area contributed by atoms with Crippen molar-refractivity contribution < 1.29 is 4.42 Å². The third kappa shape index (κ3) is 2.74. The largest absolute Gasteiger partial charge is 0.472 e. The average Bonchev–Trinajstić information content (AvgIpc) is 3.52. The van der Waals surface area contributed by atoms with Gasteiger partial charge in [0.05, 0.1) is 23.6 Å². The van der Waals surface area contributed by atoms with Crippen molar-refractivity contribution in [3.63, 3.8) is 0 Å². The first-order chi connectivity index (χ1) is 14.4. The lowest BCUT2D eigenvalue weighted by molar-refractivity contribution is 0.460. The molecule has 1 aliphatic heterocycles. The first kappa shape index (κ1) is 16.5. The molecule has 0 unspecified atom stereocenters. The van der Waals surface area contributed by atoms with Crippen molar-refractivity contribution in [1.82, 2.24) is 30.5 Å². The molecule has 29 heavy (non-hydrogen) atoms. The summed E-state index contributed by atoms with van der Waals surface area (Å²) in [7, 11) is 0. The van der Waals surface area contributed by atoms with Crippen molar-refractivity contribution in [2.24, 2.45) is 0 Å². The van der Waals surface area contributed by atoms with Crippen LogP contribution in [0.25, 0.3) is 44.7 Å². The van der Waals surface area contributed by atoms with Gasteiger partial charge in [-0.15, -0.1) is 0 Å². The van der Waals surface area contributed by atoms with E-state index >= 15 is 0 Å². The van der Waals surface area contributed by atoms with Gasteiger partial charge in [-0.1, -0.05) is 6.07 Å². The third-order valence-corrected chi connectivity index (χ3v) is 5.85. The Hall–Kier alpha value is -3.45. The van der Waals surface area contributed by atoms with Crippen LogP contribution in [0.2, 0.25) is 0 Å². The summed E-state index contributed by atoms with van der Waals surface area (Å²) >= 11 is 0. The number of pyridine rings is 1. The van der Waals surface area contributed by atoms with Crippen LogP contribution in [-0.4, -0.2) is 38.2 Å². The number of aromatic nitrogens is 5. The van der Waals surface area contributed by atoms with Crippen LogP contribution in [0.3, 0.4) is 0 Å². The zero-order chi connectivity index (χ0) is 19.2. The molecule has 0 atom stereocenters. The molecular weight excluding hydrogens is 364 g/mol. The van der Waals surface area contributed by atoms with E-state index in [2.05, 4.69) is 43.7 Å². The van der Waals surface area contributed by atoms with Crippen LogP contribution < -0.4 is 5.32 Å². The fourth-order valence-corrected chi connectivity index (χ4v) is 4.30. The van der Waals surface area contributed by atoms with Gasteiger partial charge in [0.1, 0.15) is 5.69 Å². The smallest absolute Gasteiger partial charge is 0.178 e. The van der Waals surface area contributed by atoms with Crippen molar-refractivity contribution in [3.05, 3.63) is 54.6 Å². The predicted molar refractivity (Wildman–Crippen MR) is 112 cm³/mol. The molecule has 5 aromatic rings. The lowest BCUT2D eigenvalue weighted by atomic mass is 9.89. The number of nitrogens with zero attached hydrogens (tertiary/aromatic N) is 3. The number of fused-ring (bicyclic) bond motifs is 2. The third-order valence-electron chi connectivity index (χ3n) is 5.85. The molecule has 3 N–H and O–H groups in total. The summed E-state index contributed by atoms with van der Waals surface area (Å²) in [4.78, 5) is 12.6. The van der Waals surface area contributed by atoms with E-state index in [1.165, 1.54) is 18.4 Å². The molecule has 0 amide bonds. The van der Waals surface area contributed by atoms with Crippen LogP contribution in [0, 0.1) is 0 Å². The average molecular weight is 384 g/mol. The summed E-state index contributed by atoms with van der Waals surface area (Å²) in [5, 5.41) is 12.2. The SMILES string of the molecule is c1cc(-c2ccoc2)c2[nH]c(-c3n[nH]c4ccc(C5CCNCC5)cc34)nc2n1. The van der Waals surface area contributed by atoms with Crippen LogP contribution in [0.1, 0.15) is 24.3 Å². The highest BCUT2D eigenvalue weighted by Crippen LogP contribution is 2.33. The lowest BCUT2D eigenvalue weighted by Gasteiger charge is -2.23. The van der Waals surface area contributed by atoms with E-state index in [4.69, 9.17) is 9.40 Å². The highest BCUT2D eigenvalue weighted by atomic mass is 16.3. The maximum atomic E-state index is 5.25. The number of rotatable bonds is 3. The second kappa shape index (κ2) is 6.56. The molecule has 1 aromatic carbocycles. The zero-order valence-corrected chi connectivity index (χ0v) is 15.8. The molecule has 0 bridgehead atoms. The summed E-state index contributed by atoms with van der Waals surface area (Å²) in [6.07, 6.45) is 7.50. The minimum absolute atomic E-state index is 0.591. The number of benzene rings is 1. The standard InChI is InChI=1S/C22H20N6O/c1-2-18-17(11-14(1)13-3-7-23-8-4-13)20(28-27-18)22-25-19-16(15-6-10-29-12-15)5-9-24-21(19)26-22/h1-2,5-6,9-13,23H,3-4,7-8H2,(H,27,28)(H,24,25,26). The van der Waals surface area contributed by atoms with Gasteiger partial charge < -0.3 is 14.7 Å². The number of piperidine rings is 1. The summed E-state index contributed by atoms with van der Waals surface area (Å²) in [6.45, 7) is 2.15. The molecule has 5 heterocycles. The fourth-order valence-electron chi connectivity index (χ4n) is 4.30. The molecule has 7 nitrogen and oxygen atoms in total. The number of hydrogen-bond donors (Lipinski definition) is 3. The molecule has 144 valence electrons. The number of nitrogens with one attached hydrogen (secondary N) is 3. The molecule has 0 spiro atoms. The Kier molecular flexibility index (Phi) is 3.73. The van der Waals surface area contributed by atoms with Crippen LogP contribution >= 0.6 is 0 Å². The minimum atomic E-state index is 0.591. The number of aromatic amines is 2. The minimum Gasteiger partial charge on any atom is -0.472 e. The number of imidazole rings is 1. The second-order valence-electron chi connectivity index (χ2n) is 7.56. The molecule has 7 heteroatoms. The van der Waals surface area contributed by atoms with Crippen molar-refractivity contribution in [2.75, 3.05) is 13.1 Å². The zero-order valence-electron chi connectivity index (χ0n) is 15.8. The molecule has 1 aliphatic rings. The van der Waals surface area contributed by atoms with Crippen molar-refractivity contribution in [3.8, 4) is 22.6 Å². The lowest BCUT2D eigenvalue weighted by Crippen LogP contribution is -2.26. The Morgan fingerprint density at radius 3 is 2.86 bits per heavy atom.